The van der Waals surface area contributed by atoms with Crippen molar-refractivity contribution in [2.75, 3.05) is 12.4 Å². The van der Waals surface area contributed by atoms with Gasteiger partial charge in [0.05, 0.1) is 36.1 Å². The molecule has 182 valence electrons. The highest BCUT2D eigenvalue weighted by molar-refractivity contribution is 6.33. The highest BCUT2D eigenvalue weighted by Gasteiger charge is 2.47. The lowest BCUT2D eigenvalue weighted by Gasteiger charge is -2.31. The number of allylic oxidation sites excluding steroid dienone is 4. The van der Waals surface area contributed by atoms with E-state index in [9.17, 15) is 22.8 Å². The number of methoxy groups -OCH3 is 1. The fraction of sp³-hybridized carbons (Fsp3) is 0.500. The van der Waals surface area contributed by atoms with E-state index in [0.29, 0.717) is 11.5 Å². The molecule has 1 aromatic carbocycles. The molecule has 0 bridgehead atoms. The van der Waals surface area contributed by atoms with Gasteiger partial charge in [-0.05, 0) is 48.4 Å². The molecule has 0 fully saturated rings. The molecule has 0 radical (unpaired) electrons. The van der Waals surface area contributed by atoms with E-state index >= 15 is 0 Å². The molecule has 1 aliphatic carbocycles. The number of benzene rings is 1. The third-order valence-electron chi connectivity index (χ3n) is 5.90. The Bertz CT molecular complexity index is 915. The summed E-state index contributed by atoms with van der Waals surface area (Å²) < 4.78 is 45.6. The SMILES string of the molecule is CCCC(CC(=O)OC)c1ccc(Cl)c(NC(=O)[C@H](C2C=CC(Cl)=CC2)[C@@H](C)C(F)(F)F)c1. The maximum Gasteiger partial charge on any atom is 0.392 e. The third kappa shape index (κ3) is 7.51. The molecular weight excluding hydrogens is 478 g/mol. The third-order valence-corrected chi connectivity index (χ3v) is 6.51. The van der Waals surface area contributed by atoms with Gasteiger partial charge in [-0.3, -0.25) is 9.59 Å². The molecule has 2 unspecified atom stereocenters. The van der Waals surface area contributed by atoms with Crippen LogP contribution in [0.25, 0.3) is 0 Å². The molecule has 0 spiro atoms. The normalized spacial score (nSPS) is 18.8. The number of hydrogen-bond acceptors (Lipinski definition) is 3. The smallest absolute Gasteiger partial charge is 0.392 e. The monoisotopic (exact) mass is 505 g/mol. The Balaban J connectivity index is 2.33. The Labute approximate surface area is 202 Å². The van der Waals surface area contributed by atoms with Crippen molar-refractivity contribution in [1.29, 1.82) is 0 Å². The number of alkyl halides is 3. The number of carbonyl (C=O) groups is 2. The molecule has 4 atom stereocenters. The van der Waals surface area contributed by atoms with Gasteiger partial charge in [0.25, 0.3) is 0 Å². The first kappa shape index (κ1) is 27.3. The van der Waals surface area contributed by atoms with E-state index in [1.807, 2.05) is 6.92 Å². The van der Waals surface area contributed by atoms with E-state index in [0.717, 1.165) is 18.9 Å². The number of ether oxygens (including phenoxy) is 1. The van der Waals surface area contributed by atoms with E-state index < -0.39 is 29.8 Å². The highest BCUT2D eigenvalue weighted by Crippen LogP contribution is 2.40. The first-order valence-electron chi connectivity index (χ1n) is 10.8. The number of halogens is 5. The number of nitrogens with one attached hydrogen (secondary N) is 1. The van der Waals surface area contributed by atoms with E-state index in [4.69, 9.17) is 27.9 Å². The molecule has 1 aromatic rings. The van der Waals surface area contributed by atoms with Gasteiger partial charge in [-0.25, -0.2) is 0 Å². The van der Waals surface area contributed by atoms with E-state index in [-0.39, 0.29) is 35.4 Å². The second kappa shape index (κ2) is 11.9. The van der Waals surface area contributed by atoms with Crippen LogP contribution in [0.4, 0.5) is 18.9 Å². The van der Waals surface area contributed by atoms with Gasteiger partial charge in [-0.15, -0.1) is 0 Å². The maximum atomic E-state index is 13.6. The van der Waals surface area contributed by atoms with Gasteiger partial charge in [-0.1, -0.05) is 61.7 Å². The number of anilines is 1. The molecule has 1 aliphatic rings. The second-order valence-electron chi connectivity index (χ2n) is 8.20. The number of hydrogen-bond donors (Lipinski definition) is 1. The van der Waals surface area contributed by atoms with Crippen LogP contribution in [0.15, 0.2) is 41.5 Å². The summed E-state index contributed by atoms with van der Waals surface area (Å²) >= 11 is 12.2. The minimum atomic E-state index is -4.56. The van der Waals surface area contributed by atoms with E-state index in [2.05, 4.69) is 5.32 Å². The minimum absolute atomic E-state index is 0.146. The van der Waals surface area contributed by atoms with Crippen LogP contribution in [0.1, 0.15) is 51.0 Å². The standard InChI is InChI=1S/C24H28Cl2F3NO3/c1-4-5-16(13-21(31)33-3)17-8-11-19(26)20(12-17)30-23(32)22(14(2)24(27,28)29)15-6-9-18(25)10-7-15/h6,8-12,14-16,22H,4-5,7,13H2,1-3H3,(H,30,32)/t14-,15?,16?,22+/m1/s1. The lowest BCUT2D eigenvalue weighted by molar-refractivity contribution is -0.188. The van der Waals surface area contributed by atoms with Crippen molar-refractivity contribution in [3.63, 3.8) is 0 Å². The summed E-state index contributed by atoms with van der Waals surface area (Å²) in [7, 11) is 1.31. The zero-order valence-corrected chi connectivity index (χ0v) is 20.2. The van der Waals surface area contributed by atoms with Crippen LogP contribution in [0, 0.1) is 17.8 Å². The Morgan fingerprint density at radius 2 is 1.97 bits per heavy atom. The predicted molar refractivity (Wildman–Crippen MR) is 124 cm³/mol. The molecule has 4 nitrogen and oxygen atoms in total. The van der Waals surface area contributed by atoms with Crippen molar-refractivity contribution in [3.8, 4) is 0 Å². The van der Waals surface area contributed by atoms with Gasteiger partial charge >= 0.3 is 12.1 Å². The Kier molecular flexibility index (Phi) is 9.85. The van der Waals surface area contributed by atoms with Crippen molar-refractivity contribution < 1.29 is 27.5 Å². The predicted octanol–water partition coefficient (Wildman–Crippen LogP) is 7.24. The first-order chi connectivity index (χ1) is 15.5. The van der Waals surface area contributed by atoms with Crippen LogP contribution in [-0.2, 0) is 14.3 Å². The molecule has 1 N–H and O–H groups in total. The van der Waals surface area contributed by atoms with E-state index in [1.165, 1.54) is 13.2 Å². The number of esters is 1. The number of rotatable bonds is 9. The van der Waals surface area contributed by atoms with E-state index in [1.54, 1.807) is 30.4 Å². The fourth-order valence-corrected chi connectivity index (χ4v) is 4.33. The second-order valence-corrected chi connectivity index (χ2v) is 9.04. The lowest BCUT2D eigenvalue weighted by atomic mass is 9.78. The topological polar surface area (TPSA) is 55.4 Å². The van der Waals surface area contributed by atoms with Crippen molar-refractivity contribution in [1.82, 2.24) is 0 Å². The van der Waals surface area contributed by atoms with Crippen LogP contribution in [0.5, 0.6) is 0 Å². The zero-order valence-electron chi connectivity index (χ0n) is 18.7. The molecule has 33 heavy (non-hydrogen) atoms. The molecule has 9 heteroatoms. The summed E-state index contributed by atoms with van der Waals surface area (Å²) in [6.45, 7) is 2.98. The van der Waals surface area contributed by atoms with Gasteiger partial charge < -0.3 is 10.1 Å². The van der Waals surface area contributed by atoms with Crippen LogP contribution >= 0.6 is 23.2 Å². The van der Waals surface area contributed by atoms with Gasteiger partial charge in [0.2, 0.25) is 5.91 Å². The summed E-state index contributed by atoms with van der Waals surface area (Å²) in [4.78, 5) is 24.9. The lowest BCUT2D eigenvalue weighted by Crippen LogP contribution is -2.40. The van der Waals surface area contributed by atoms with Crippen LogP contribution in [0.3, 0.4) is 0 Å². The number of amides is 1. The molecule has 0 aliphatic heterocycles. The molecule has 0 saturated carbocycles. The summed E-state index contributed by atoms with van der Waals surface area (Å²) in [5, 5.41) is 3.22. The van der Waals surface area contributed by atoms with Crippen molar-refractivity contribution in [2.24, 2.45) is 17.8 Å². The first-order valence-corrected chi connectivity index (χ1v) is 11.5. The molecule has 1 amide bonds. The van der Waals surface area contributed by atoms with Crippen LogP contribution < -0.4 is 5.32 Å². The Morgan fingerprint density at radius 3 is 2.52 bits per heavy atom. The Hall–Kier alpha value is -1.99. The van der Waals surface area contributed by atoms with Crippen molar-refractivity contribution in [3.05, 3.63) is 52.0 Å². The number of carbonyl (C=O) groups excluding carboxylic acids is 2. The summed E-state index contributed by atoms with van der Waals surface area (Å²) in [5.41, 5.74) is 0.951. The summed E-state index contributed by atoms with van der Waals surface area (Å²) in [5.74, 6) is -5.24. The van der Waals surface area contributed by atoms with Crippen LogP contribution in [-0.4, -0.2) is 25.2 Å². The average molecular weight is 506 g/mol. The molecule has 0 heterocycles. The summed E-state index contributed by atoms with van der Waals surface area (Å²) in [6, 6.07) is 4.93. The van der Waals surface area contributed by atoms with Gasteiger partial charge in [-0.2, -0.15) is 13.2 Å². The molecule has 0 saturated heterocycles. The zero-order chi connectivity index (χ0) is 24.8. The van der Waals surface area contributed by atoms with Crippen molar-refractivity contribution >= 4 is 40.8 Å². The van der Waals surface area contributed by atoms with Gasteiger partial charge in [0.15, 0.2) is 0 Å². The minimum Gasteiger partial charge on any atom is -0.469 e. The average Bonchev–Trinajstić information content (AvgIpc) is 2.75. The van der Waals surface area contributed by atoms with Crippen LogP contribution in [0.2, 0.25) is 5.02 Å². The summed E-state index contributed by atoms with van der Waals surface area (Å²) in [6.07, 6.45) is 1.96. The van der Waals surface area contributed by atoms with Crippen molar-refractivity contribution in [2.45, 2.75) is 51.6 Å². The largest absolute Gasteiger partial charge is 0.469 e. The highest BCUT2D eigenvalue weighted by atomic mass is 35.5. The van der Waals surface area contributed by atoms with Gasteiger partial charge in [0, 0.05) is 5.03 Å². The molecule has 0 aromatic heterocycles. The quantitative estimate of drug-likeness (QED) is 0.360. The Morgan fingerprint density at radius 1 is 1.27 bits per heavy atom. The molecular formula is C24H28Cl2F3NO3. The fourth-order valence-electron chi connectivity index (χ4n) is 4.00. The molecule has 2 rings (SSSR count). The maximum absolute atomic E-state index is 13.6. The van der Waals surface area contributed by atoms with Gasteiger partial charge in [0.1, 0.15) is 0 Å².